The van der Waals surface area contributed by atoms with Crippen LogP contribution in [-0.2, 0) is 14.8 Å². The fraction of sp³-hybridized carbons (Fsp3) is 1.00. The second-order valence-corrected chi connectivity index (χ2v) is 7.96. The van der Waals surface area contributed by atoms with E-state index in [1.165, 1.54) is 0 Å². The Bertz CT molecular complexity index is 360. The van der Waals surface area contributed by atoms with Crippen molar-refractivity contribution >= 4 is 10.0 Å². The van der Waals surface area contributed by atoms with E-state index in [1.54, 1.807) is 11.4 Å². The number of hydrogen-bond donors (Lipinski definition) is 1. The van der Waals surface area contributed by atoms with Crippen LogP contribution in [0.4, 0.5) is 0 Å². The smallest absolute Gasteiger partial charge is 0.214 e. The van der Waals surface area contributed by atoms with Crippen LogP contribution in [0.15, 0.2) is 0 Å². The van der Waals surface area contributed by atoms with E-state index < -0.39 is 10.0 Å². The van der Waals surface area contributed by atoms with Crippen molar-refractivity contribution in [3.05, 3.63) is 0 Å². The molecule has 0 aromatic rings. The van der Waals surface area contributed by atoms with Crippen molar-refractivity contribution < 1.29 is 13.2 Å². The van der Waals surface area contributed by atoms with E-state index in [0.717, 1.165) is 45.4 Å². The summed E-state index contributed by atoms with van der Waals surface area (Å²) in [5.41, 5.74) is 0. The topological polar surface area (TPSA) is 58.6 Å². The summed E-state index contributed by atoms with van der Waals surface area (Å²) in [7, 11) is -1.40. The van der Waals surface area contributed by atoms with Crippen molar-refractivity contribution in [3.63, 3.8) is 0 Å². The molecule has 1 atom stereocenters. The van der Waals surface area contributed by atoms with Gasteiger partial charge in [-0.15, -0.1) is 0 Å². The number of piperidine rings is 1. The van der Waals surface area contributed by atoms with E-state index >= 15 is 0 Å². The third kappa shape index (κ3) is 4.70. The van der Waals surface area contributed by atoms with Crippen LogP contribution in [-0.4, -0.2) is 58.4 Å². The minimum atomic E-state index is -3.11. The molecule has 6 heteroatoms. The number of hydrogen-bond acceptors (Lipinski definition) is 4. The predicted octanol–water partition coefficient (Wildman–Crippen LogP) is 0.674. The SMILES string of the molecule is CN(CC1CCCOC1)S(=O)(=O)CC1CCNCC1. The first-order valence-electron chi connectivity index (χ1n) is 7.30. The lowest BCUT2D eigenvalue weighted by atomic mass is 10.0. The van der Waals surface area contributed by atoms with Gasteiger partial charge in [0.15, 0.2) is 0 Å². The third-order valence-electron chi connectivity index (χ3n) is 4.15. The highest BCUT2D eigenvalue weighted by atomic mass is 32.2. The van der Waals surface area contributed by atoms with Gasteiger partial charge in [-0.05, 0) is 50.6 Å². The number of sulfonamides is 1. The molecule has 2 rings (SSSR count). The zero-order valence-electron chi connectivity index (χ0n) is 11.8. The standard InChI is InChI=1S/C13H26N2O3S/c1-15(9-13-3-2-8-18-10-13)19(16,17)11-12-4-6-14-7-5-12/h12-14H,2-11H2,1H3. The number of rotatable bonds is 5. The van der Waals surface area contributed by atoms with Crippen LogP contribution >= 0.6 is 0 Å². The average Bonchev–Trinajstić information content (AvgIpc) is 2.40. The first kappa shape index (κ1) is 15.2. The molecular formula is C13H26N2O3S. The Morgan fingerprint density at radius 2 is 1.95 bits per heavy atom. The van der Waals surface area contributed by atoms with Crippen molar-refractivity contribution in [1.82, 2.24) is 9.62 Å². The molecule has 2 heterocycles. The first-order chi connectivity index (χ1) is 9.08. The van der Waals surface area contributed by atoms with Crippen molar-refractivity contribution in [3.8, 4) is 0 Å². The summed E-state index contributed by atoms with van der Waals surface area (Å²) < 4.78 is 31.6. The molecule has 19 heavy (non-hydrogen) atoms. The molecule has 0 aromatic heterocycles. The van der Waals surface area contributed by atoms with E-state index in [2.05, 4.69) is 5.32 Å². The number of nitrogens with zero attached hydrogens (tertiary/aromatic N) is 1. The van der Waals surface area contributed by atoms with E-state index in [-0.39, 0.29) is 0 Å². The lowest BCUT2D eigenvalue weighted by Crippen LogP contribution is -2.39. The van der Waals surface area contributed by atoms with Crippen molar-refractivity contribution in [2.45, 2.75) is 25.7 Å². The monoisotopic (exact) mass is 290 g/mol. The normalized spacial score (nSPS) is 26.7. The molecule has 1 N–H and O–H groups in total. The summed E-state index contributed by atoms with van der Waals surface area (Å²) in [5.74, 6) is 0.983. The Hall–Kier alpha value is -0.170. The molecule has 0 radical (unpaired) electrons. The van der Waals surface area contributed by atoms with Crippen LogP contribution in [0.25, 0.3) is 0 Å². The van der Waals surface area contributed by atoms with Crippen molar-refractivity contribution in [1.29, 1.82) is 0 Å². The molecule has 2 aliphatic rings. The molecular weight excluding hydrogens is 264 g/mol. The summed E-state index contributed by atoms with van der Waals surface area (Å²) in [6, 6.07) is 0. The molecule has 112 valence electrons. The van der Waals surface area contributed by atoms with Crippen LogP contribution in [0.5, 0.6) is 0 Å². The van der Waals surface area contributed by atoms with Gasteiger partial charge in [-0.1, -0.05) is 0 Å². The quantitative estimate of drug-likeness (QED) is 0.809. The second-order valence-electron chi connectivity index (χ2n) is 5.84. The maximum atomic E-state index is 12.3. The van der Waals surface area contributed by atoms with Gasteiger partial charge in [0.2, 0.25) is 10.0 Å². The zero-order chi connectivity index (χ0) is 13.7. The number of ether oxygens (including phenoxy) is 1. The van der Waals surface area contributed by atoms with Gasteiger partial charge in [0, 0.05) is 20.2 Å². The van der Waals surface area contributed by atoms with Crippen LogP contribution < -0.4 is 5.32 Å². The minimum absolute atomic E-state index is 0.304. The van der Waals surface area contributed by atoms with Gasteiger partial charge < -0.3 is 10.1 Å². The highest BCUT2D eigenvalue weighted by molar-refractivity contribution is 7.89. The molecule has 0 aromatic carbocycles. The summed E-state index contributed by atoms with van der Waals surface area (Å²) in [6.45, 7) is 4.02. The van der Waals surface area contributed by atoms with Crippen LogP contribution in [0, 0.1) is 11.8 Å². The maximum absolute atomic E-state index is 12.3. The summed E-state index contributed by atoms with van der Waals surface area (Å²) in [4.78, 5) is 0. The average molecular weight is 290 g/mol. The molecule has 0 saturated carbocycles. The highest BCUT2D eigenvalue weighted by Gasteiger charge is 2.27. The third-order valence-corrected chi connectivity index (χ3v) is 6.14. The van der Waals surface area contributed by atoms with Gasteiger partial charge in [0.1, 0.15) is 0 Å². The summed E-state index contributed by atoms with van der Waals surface area (Å²) in [5, 5.41) is 3.27. The van der Waals surface area contributed by atoms with Crippen LogP contribution in [0.1, 0.15) is 25.7 Å². The Kier molecular flexibility index (Phi) is 5.62. The Morgan fingerprint density at radius 3 is 2.58 bits per heavy atom. The van der Waals surface area contributed by atoms with Crippen LogP contribution in [0.2, 0.25) is 0 Å². The van der Waals surface area contributed by atoms with E-state index in [1.807, 2.05) is 0 Å². The molecule has 0 amide bonds. The Labute approximate surface area is 116 Å². The minimum Gasteiger partial charge on any atom is -0.381 e. The molecule has 0 aliphatic carbocycles. The zero-order valence-corrected chi connectivity index (χ0v) is 12.6. The molecule has 2 saturated heterocycles. The fourth-order valence-electron chi connectivity index (χ4n) is 2.90. The largest absolute Gasteiger partial charge is 0.381 e. The maximum Gasteiger partial charge on any atom is 0.214 e. The van der Waals surface area contributed by atoms with Crippen LogP contribution in [0.3, 0.4) is 0 Å². The molecule has 1 unspecified atom stereocenters. The fourth-order valence-corrected chi connectivity index (χ4v) is 4.52. The first-order valence-corrected chi connectivity index (χ1v) is 8.91. The van der Waals surface area contributed by atoms with Gasteiger partial charge in [-0.3, -0.25) is 0 Å². The molecule has 2 fully saturated rings. The van der Waals surface area contributed by atoms with Gasteiger partial charge in [-0.25, -0.2) is 12.7 Å². The Balaban J connectivity index is 1.83. The van der Waals surface area contributed by atoms with E-state index in [9.17, 15) is 8.42 Å². The van der Waals surface area contributed by atoms with Crippen molar-refractivity contribution in [2.24, 2.45) is 11.8 Å². The lowest BCUT2D eigenvalue weighted by Gasteiger charge is -2.29. The summed E-state index contributed by atoms with van der Waals surface area (Å²) in [6.07, 6.45) is 4.07. The molecule has 0 bridgehead atoms. The summed E-state index contributed by atoms with van der Waals surface area (Å²) >= 11 is 0. The van der Waals surface area contributed by atoms with Gasteiger partial charge >= 0.3 is 0 Å². The predicted molar refractivity (Wildman–Crippen MR) is 75.6 cm³/mol. The molecule has 5 nitrogen and oxygen atoms in total. The second kappa shape index (κ2) is 7.02. The van der Waals surface area contributed by atoms with E-state index in [0.29, 0.717) is 30.7 Å². The Morgan fingerprint density at radius 1 is 1.21 bits per heavy atom. The van der Waals surface area contributed by atoms with E-state index in [4.69, 9.17) is 4.74 Å². The van der Waals surface area contributed by atoms with Gasteiger partial charge in [0.05, 0.1) is 12.4 Å². The highest BCUT2D eigenvalue weighted by Crippen LogP contribution is 2.19. The van der Waals surface area contributed by atoms with Gasteiger partial charge in [0.25, 0.3) is 0 Å². The number of nitrogens with one attached hydrogen (secondary N) is 1. The lowest BCUT2D eigenvalue weighted by molar-refractivity contribution is 0.0495. The molecule has 2 aliphatic heterocycles. The van der Waals surface area contributed by atoms with Crippen molar-refractivity contribution in [2.75, 3.05) is 45.6 Å². The van der Waals surface area contributed by atoms with Gasteiger partial charge in [-0.2, -0.15) is 0 Å². The molecule has 0 spiro atoms.